The monoisotopic (exact) mass is 359 g/mol. The molecule has 0 aromatic heterocycles. The highest BCUT2D eigenvalue weighted by atomic mass is 32.2. The SMILES string of the molecule is C#CCN(C)[C@H](C#COS(=O)(=O)c1ccc(C)cc1)CC1=CCCO1. The van der Waals surface area contributed by atoms with Crippen LogP contribution in [0.5, 0.6) is 0 Å². The molecule has 1 atom stereocenters. The molecule has 0 saturated heterocycles. The van der Waals surface area contributed by atoms with Crippen molar-refractivity contribution in [3.8, 4) is 24.4 Å². The molecule has 0 aliphatic carbocycles. The van der Waals surface area contributed by atoms with E-state index in [0.29, 0.717) is 19.6 Å². The molecule has 25 heavy (non-hydrogen) atoms. The highest BCUT2D eigenvalue weighted by molar-refractivity contribution is 7.86. The number of terminal acetylenes is 1. The number of hydrogen-bond acceptors (Lipinski definition) is 5. The van der Waals surface area contributed by atoms with Gasteiger partial charge in [0.15, 0.2) is 0 Å². The molecule has 1 heterocycles. The van der Waals surface area contributed by atoms with Crippen LogP contribution in [0.15, 0.2) is 41.0 Å². The minimum Gasteiger partial charge on any atom is -0.498 e. The summed E-state index contributed by atoms with van der Waals surface area (Å²) in [5.74, 6) is 6.21. The number of hydrogen-bond donors (Lipinski definition) is 0. The third-order valence-electron chi connectivity index (χ3n) is 3.73. The van der Waals surface area contributed by atoms with Gasteiger partial charge in [-0.1, -0.05) is 23.6 Å². The fourth-order valence-electron chi connectivity index (χ4n) is 2.27. The summed E-state index contributed by atoms with van der Waals surface area (Å²) in [5.41, 5.74) is 0.964. The summed E-state index contributed by atoms with van der Waals surface area (Å²) in [4.78, 5) is 1.92. The first-order valence-corrected chi connectivity index (χ1v) is 9.29. The predicted molar refractivity (Wildman–Crippen MR) is 95.7 cm³/mol. The van der Waals surface area contributed by atoms with Crippen LogP contribution in [0.2, 0.25) is 0 Å². The first-order valence-electron chi connectivity index (χ1n) is 7.88. The molecule has 5 nitrogen and oxygen atoms in total. The van der Waals surface area contributed by atoms with Gasteiger partial charge in [0.25, 0.3) is 0 Å². The zero-order valence-corrected chi connectivity index (χ0v) is 15.2. The molecule has 0 radical (unpaired) electrons. The van der Waals surface area contributed by atoms with Crippen molar-refractivity contribution in [2.75, 3.05) is 20.2 Å². The Bertz CT molecular complexity index is 823. The van der Waals surface area contributed by atoms with E-state index < -0.39 is 10.1 Å². The van der Waals surface area contributed by atoms with E-state index in [9.17, 15) is 8.42 Å². The van der Waals surface area contributed by atoms with Gasteiger partial charge in [-0.05, 0) is 38.1 Å². The number of ether oxygens (including phenoxy) is 1. The largest absolute Gasteiger partial charge is 0.498 e. The zero-order chi connectivity index (χ0) is 18.3. The van der Waals surface area contributed by atoms with Crippen LogP contribution >= 0.6 is 0 Å². The van der Waals surface area contributed by atoms with Crippen LogP contribution in [0.1, 0.15) is 18.4 Å². The summed E-state index contributed by atoms with van der Waals surface area (Å²) in [6, 6.07) is 6.10. The van der Waals surface area contributed by atoms with Gasteiger partial charge in [-0.15, -0.1) is 6.42 Å². The van der Waals surface area contributed by atoms with Gasteiger partial charge < -0.3 is 8.92 Å². The molecule has 1 aromatic carbocycles. The average Bonchev–Trinajstić information content (AvgIpc) is 3.07. The maximum absolute atomic E-state index is 12.2. The maximum Gasteiger partial charge on any atom is 0.347 e. The van der Waals surface area contributed by atoms with Crippen molar-refractivity contribution < 1.29 is 17.3 Å². The topological polar surface area (TPSA) is 55.8 Å². The van der Waals surface area contributed by atoms with E-state index in [4.69, 9.17) is 15.3 Å². The standard InChI is InChI=1S/C19H21NO4S/c1-4-12-20(3)17(15-18-6-5-13-23-18)11-14-24-25(21,22)19-9-7-16(2)8-10-19/h1,6-10,17H,5,12-13,15H2,2-3H3/t17-/m1/s1. The Morgan fingerprint density at radius 2 is 2.08 bits per heavy atom. The molecule has 0 saturated carbocycles. The molecule has 1 aromatic rings. The molecule has 0 fully saturated rings. The van der Waals surface area contributed by atoms with Crippen LogP contribution in [0.3, 0.4) is 0 Å². The molecule has 1 aliphatic heterocycles. The van der Waals surface area contributed by atoms with Crippen molar-refractivity contribution in [1.29, 1.82) is 0 Å². The van der Waals surface area contributed by atoms with E-state index in [-0.39, 0.29) is 10.9 Å². The summed E-state index contributed by atoms with van der Waals surface area (Å²) in [6.07, 6.45) is 11.1. The summed E-state index contributed by atoms with van der Waals surface area (Å²) in [5, 5.41) is 0. The van der Waals surface area contributed by atoms with E-state index in [0.717, 1.165) is 17.7 Å². The maximum atomic E-state index is 12.2. The molecule has 0 unspecified atom stereocenters. The zero-order valence-electron chi connectivity index (χ0n) is 14.4. The second kappa shape index (κ2) is 8.62. The summed E-state index contributed by atoms with van der Waals surface area (Å²) in [6.45, 7) is 2.92. The van der Waals surface area contributed by atoms with Crippen molar-refractivity contribution in [2.24, 2.45) is 0 Å². The summed E-state index contributed by atoms with van der Waals surface area (Å²) >= 11 is 0. The molecule has 0 N–H and O–H groups in total. The minimum atomic E-state index is -3.92. The molecule has 132 valence electrons. The van der Waals surface area contributed by atoms with Crippen molar-refractivity contribution >= 4 is 10.1 Å². The molecule has 2 rings (SSSR count). The minimum absolute atomic E-state index is 0.0720. The van der Waals surface area contributed by atoms with Crippen molar-refractivity contribution in [3.63, 3.8) is 0 Å². The van der Waals surface area contributed by atoms with Crippen LogP contribution in [-0.4, -0.2) is 39.6 Å². The van der Waals surface area contributed by atoms with Gasteiger partial charge in [0, 0.05) is 12.8 Å². The Hall–Kier alpha value is -2.41. The predicted octanol–water partition coefficient (Wildman–Crippen LogP) is 2.29. The lowest BCUT2D eigenvalue weighted by Crippen LogP contribution is -2.31. The quantitative estimate of drug-likeness (QED) is 0.576. The first kappa shape index (κ1) is 18.9. The van der Waals surface area contributed by atoms with Crippen molar-refractivity contribution in [3.05, 3.63) is 41.7 Å². The van der Waals surface area contributed by atoms with Crippen molar-refractivity contribution in [1.82, 2.24) is 4.90 Å². The van der Waals surface area contributed by atoms with Crippen LogP contribution in [-0.2, 0) is 19.0 Å². The van der Waals surface area contributed by atoms with Gasteiger partial charge in [-0.25, -0.2) is 0 Å². The van der Waals surface area contributed by atoms with E-state index in [1.165, 1.54) is 12.1 Å². The van der Waals surface area contributed by atoms with Gasteiger partial charge in [0.05, 0.1) is 25.0 Å². The van der Waals surface area contributed by atoms with E-state index in [1.54, 1.807) is 12.1 Å². The van der Waals surface area contributed by atoms with Gasteiger partial charge >= 0.3 is 10.1 Å². The molecular weight excluding hydrogens is 338 g/mol. The molecule has 0 spiro atoms. The molecule has 0 amide bonds. The Morgan fingerprint density at radius 1 is 1.36 bits per heavy atom. The van der Waals surface area contributed by atoms with Crippen LogP contribution in [0, 0.1) is 31.3 Å². The normalized spacial score (nSPS) is 14.7. The number of aryl methyl sites for hydroxylation is 1. The van der Waals surface area contributed by atoms with Gasteiger partial charge in [0.2, 0.25) is 0 Å². The third kappa shape index (κ3) is 5.56. The lowest BCUT2D eigenvalue weighted by molar-refractivity contribution is 0.211. The van der Waals surface area contributed by atoms with Crippen molar-refractivity contribution in [2.45, 2.75) is 30.7 Å². The third-order valence-corrected chi connectivity index (χ3v) is 4.88. The van der Waals surface area contributed by atoms with E-state index >= 15 is 0 Å². The fourth-order valence-corrected chi connectivity index (χ4v) is 3.00. The smallest absolute Gasteiger partial charge is 0.347 e. The van der Waals surface area contributed by atoms with Crippen LogP contribution < -0.4 is 0 Å². The summed E-state index contributed by atoms with van der Waals surface area (Å²) < 4.78 is 34.7. The number of rotatable bonds is 6. The molecule has 1 aliphatic rings. The lowest BCUT2D eigenvalue weighted by atomic mass is 10.1. The number of nitrogens with zero attached hydrogens (tertiary/aromatic N) is 1. The van der Waals surface area contributed by atoms with Crippen LogP contribution in [0.25, 0.3) is 0 Å². The van der Waals surface area contributed by atoms with Crippen LogP contribution in [0.4, 0.5) is 0 Å². The second-order valence-corrected chi connectivity index (χ2v) is 7.29. The Kier molecular flexibility index (Phi) is 6.52. The molecule has 6 heteroatoms. The molecule has 0 bridgehead atoms. The highest BCUT2D eigenvalue weighted by Crippen LogP contribution is 2.17. The Morgan fingerprint density at radius 3 is 2.68 bits per heavy atom. The Labute approximate surface area is 149 Å². The first-order chi connectivity index (χ1) is 11.9. The van der Waals surface area contributed by atoms with Gasteiger partial charge in [0.1, 0.15) is 11.0 Å². The fraction of sp³-hybridized carbons (Fsp3) is 0.368. The summed E-state index contributed by atoms with van der Waals surface area (Å²) in [7, 11) is -2.09. The van der Waals surface area contributed by atoms with E-state index in [1.807, 2.05) is 24.9 Å². The van der Waals surface area contributed by atoms with E-state index in [2.05, 4.69) is 17.9 Å². The molecular formula is C19H21NO4S. The second-order valence-electron chi connectivity index (χ2n) is 5.74. The highest BCUT2D eigenvalue weighted by Gasteiger charge is 2.18. The van der Waals surface area contributed by atoms with Gasteiger partial charge in [-0.2, -0.15) is 8.42 Å². The Balaban J connectivity index is 2.10. The van der Waals surface area contributed by atoms with Gasteiger partial charge in [-0.3, -0.25) is 4.90 Å². The number of benzene rings is 1. The lowest BCUT2D eigenvalue weighted by Gasteiger charge is -2.21. The average molecular weight is 359 g/mol.